The van der Waals surface area contributed by atoms with Crippen molar-refractivity contribution in [2.75, 3.05) is 13.1 Å². The number of imidazole rings is 1. The van der Waals surface area contributed by atoms with Gasteiger partial charge in [0.25, 0.3) is 5.91 Å². The topological polar surface area (TPSA) is 93.0 Å². The maximum Gasteiger partial charge on any atom is 0.270 e. The summed E-state index contributed by atoms with van der Waals surface area (Å²) < 4.78 is 16.4. The van der Waals surface area contributed by atoms with Crippen molar-refractivity contribution in [3.8, 4) is 34.4 Å². The lowest BCUT2D eigenvalue weighted by Crippen LogP contribution is -2.37. The first-order valence-electron chi connectivity index (χ1n) is 14.6. The van der Waals surface area contributed by atoms with Crippen LogP contribution in [0.5, 0.6) is 0 Å². The van der Waals surface area contributed by atoms with Crippen molar-refractivity contribution in [2.24, 2.45) is 0 Å². The molecule has 0 unspecified atom stereocenters. The number of rotatable bonds is 5. The molecule has 1 aliphatic heterocycles. The summed E-state index contributed by atoms with van der Waals surface area (Å²) in [7, 11) is 0. The van der Waals surface area contributed by atoms with Crippen LogP contribution < -0.4 is 5.32 Å². The van der Waals surface area contributed by atoms with Crippen LogP contribution in [-0.4, -0.2) is 49.3 Å². The maximum atomic E-state index is 14.1. The van der Waals surface area contributed by atoms with Gasteiger partial charge in [-0.1, -0.05) is 49.1 Å². The lowest BCUT2D eigenvalue weighted by atomic mass is 10.0. The molecule has 4 heterocycles. The Bertz CT molecular complexity index is 1970. The second-order valence-electron chi connectivity index (χ2n) is 10.7. The van der Waals surface area contributed by atoms with Gasteiger partial charge in [0.2, 0.25) is 5.91 Å². The monoisotopic (exact) mass is 586 g/mol. The lowest BCUT2D eigenvalue weighted by molar-refractivity contribution is -0.130. The molecule has 0 atom stereocenters. The minimum absolute atomic E-state index is 0.0614. The fourth-order valence-electron chi connectivity index (χ4n) is 5.51. The molecule has 0 bridgehead atoms. The molecule has 2 amide bonds. The number of aryl methyl sites for hydroxylation is 2. The number of hydrogen-bond donors (Lipinski definition) is 1. The van der Waals surface area contributed by atoms with Crippen LogP contribution in [0.3, 0.4) is 0 Å². The second kappa shape index (κ2) is 12.1. The fourth-order valence-corrected chi connectivity index (χ4v) is 5.51. The van der Waals surface area contributed by atoms with Crippen molar-refractivity contribution in [3.05, 3.63) is 101 Å². The van der Waals surface area contributed by atoms with Gasteiger partial charge in [-0.2, -0.15) is 0 Å². The first-order chi connectivity index (χ1) is 21.3. The Morgan fingerprint density at radius 3 is 2.66 bits per heavy atom. The molecule has 0 saturated heterocycles. The molecule has 8 nitrogen and oxygen atoms in total. The van der Waals surface area contributed by atoms with E-state index in [0.29, 0.717) is 24.2 Å². The average molecular weight is 587 g/mol. The number of benzene rings is 2. The van der Waals surface area contributed by atoms with Gasteiger partial charge in [-0.25, -0.2) is 9.37 Å². The quantitative estimate of drug-likeness (QED) is 0.282. The summed E-state index contributed by atoms with van der Waals surface area (Å²) in [4.78, 5) is 40.7. The lowest BCUT2D eigenvalue weighted by Gasteiger charge is -2.28. The molecular formula is C35H31FN6O2. The van der Waals surface area contributed by atoms with Gasteiger partial charge in [-0.15, -0.1) is 0 Å². The number of nitrogens with zero attached hydrogens (tertiary/aromatic N) is 5. The van der Waals surface area contributed by atoms with E-state index in [1.165, 1.54) is 0 Å². The van der Waals surface area contributed by atoms with Crippen LogP contribution >= 0.6 is 0 Å². The Balaban J connectivity index is 1.21. The number of carbonyl (C=O) groups excluding carboxylic acids is 2. The maximum absolute atomic E-state index is 14.1. The smallest absolute Gasteiger partial charge is 0.270 e. The molecule has 0 fully saturated rings. The van der Waals surface area contributed by atoms with Crippen LogP contribution in [-0.2, 0) is 24.3 Å². The molecule has 2 aromatic carbocycles. The van der Waals surface area contributed by atoms with Gasteiger partial charge in [-0.05, 0) is 42.1 Å². The van der Waals surface area contributed by atoms with E-state index in [1.807, 2.05) is 35.4 Å². The average Bonchev–Trinajstić information content (AvgIpc) is 3.42. The van der Waals surface area contributed by atoms with Crippen molar-refractivity contribution >= 4 is 22.6 Å². The Kier molecular flexibility index (Phi) is 7.90. The van der Waals surface area contributed by atoms with Gasteiger partial charge < -0.3 is 14.8 Å². The summed E-state index contributed by atoms with van der Waals surface area (Å²) in [5.41, 5.74) is 5.48. The zero-order valence-corrected chi connectivity index (χ0v) is 24.8. The third kappa shape index (κ3) is 5.54. The molecule has 9 heteroatoms. The summed E-state index contributed by atoms with van der Waals surface area (Å²) in [5, 5.41) is 4.67. The van der Waals surface area contributed by atoms with E-state index in [9.17, 15) is 14.0 Å². The highest BCUT2D eigenvalue weighted by molar-refractivity contribution is 5.97. The molecule has 3 aromatic heterocycles. The normalized spacial score (nSPS) is 12.4. The fraction of sp³-hybridized carbons (Fsp3) is 0.229. The molecule has 1 N–H and O–H groups in total. The zero-order chi connectivity index (χ0) is 30.8. The minimum Gasteiger partial charge on any atom is -0.340 e. The Labute approximate surface area is 255 Å². The predicted molar refractivity (Wildman–Crippen MR) is 167 cm³/mol. The van der Waals surface area contributed by atoms with E-state index in [2.05, 4.69) is 39.7 Å². The van der Waals surface area contributed by atoms with E-state index in [4.69, 9.17) is 9.97 Å². The van der Waals surface area contributed by atoms with Gasteiger partial charge in [0.15, 0.2) is 0 Å². The highest BCUT2D eigenvalue weighted by Crippen LogP contribution is 2.34. The third-order valence-electron chi connectivity index (χ3n) is 7.91. The van der Waals surface area contributed by atoms with Crippen LogP contribution in [0.4, 0.5) is 4.39 Å². The predicted octanol–water partition coefficient (Wildman–Crippen LogP) is 5.31. The van der Waals surface area contributed by atoms with Crippen LogP contribution in [0.2, 0.25) is 0 Å². The molecule has 0 spiro atoms. The summed E-state index contributed by atoms with van der Waals surface area (Å²) in [6.07, 6.45) is 4.28. The van der Waals surface area contributed by atoms with Crippen molar-refractivity contribution in [3.63, 3.8) is 0 Å². The number of halogens is 1. The first kappa shape index (κ1) is 28.7. The van der Waals surface area contributed by atoms with Crippen molar-refractivity contribution in [2.45, 2.75) is 40.3 Å². The molecule has 0 radical (unpaired) electrons. The molecule has 220 valence electrons. The summed E-state index contributed by atoms with van der Waals surface area (Å²) in [6, 6.07) is 16.6. The van der Waals surface area contributed by atoms with E-state index in [1.54, 1.807) is 44.3 Å². The highest BCUT2D eigenvalue weighted by Gasteiger charge is 2.26. The van der Waals surface area contributed by atoms with E-state index in [-0.39, 0.29) is 29.9 Å². The number of carbonyl (C=O) groups is 2. The number of aromatic nitrogens is 4. The largest absolute Gasteiger partial charge is 0.340 e. The highest BCUT2D eigenvalue weighted by atomic mass is 19.1. The van der Waals surface area contributed by atoms with Gasteiger partial charge in [0.1, 0.15) is 17.3 Å². The molecule has 0 saturated carbocycles. The van der Waals surface area contributed by atoms with Crippen LogP contribution in [0.15, 0.2) is 67.0 Å². The Hall–Kier alpha value is -5.36. The van der Waals surface area contributed by atoms with Crippen LogP contribution in [0, 0.1) is 24.6 Å². The first-order valence-corrected chi connectivity index (χ1v) is 14.6. The summed E-state index contributed by atoms with van der Waals surface area (Å²) in [6.45, 7) is 7.40. The van der Waals surface area contributed by atoms with E-state index >= 15 is 0 Å². The summed E-state index contributed by atoms with van der Waals surface area (Å²) >= 11 is 0. The Morgan fingerprint density at radius 2 is 1.89 bits per heavy atom. The van der Waals surface area contributed by atoms with Gasteiger partial charge >= 0.3 is 0 Å². The van der Waals surface area contributed by atoms with E-state index < -0.39 is 0 Å². The molecular weight excluding hydrogens is 555 g/mol. The van der Waals surface area contributed by atoms with E-state index in [0.717, 1.165) is 57.8 Å². The zero-order valence-electron chi connectivity index (χ0n) is 24.8. The van der Waals surface area contributed by atoms with Crippen molar-refractivity contribution in [1.82, 2.24) is 29.7 Å². The molecule has 44 heavy (non-hydrogen) atoms. The number of hydrogen-bond acceptors (Lipinski definition) is 5. The van der Waals surface area contributed by atoms with Gasteiger partial charge in [0, 0.05) is 55.3 Å². The SMILES string of the molecule is CCc1nc(-c2cccc3cc(-c4ccc(C(=O)NCC#Cc5cccc(C)c5F)nc4)ncc23)c2n1CCN(C(C)=O)C2. The number of pyridine rings is 2. The van der Waals surface area contributed by atoms with Crippen molar-refractivity contribution in [1.29, 1.82) is 0 Å². The van der Waals surface area contributed by atoms with Crippen LogP contribution in [0.1, 0.15) is 47.0 Å². The molecule has 6 rings (SSSR count). The van der Waals surface area contributed by atoms with Gasteiger partial charge in [-0.3, -0.25) is 19.6 Å². The second-order valence-corrected chi connectivity index (χ2v) is 10.7. The molecule has 0 aliphatic carbocycles. The molecule has 5 aromatic rings. The number of nitrogens with one attached hydrogen (secondary N) is 1. The van der Waals surface area contributed by atoms with Gasteiger partial charge in [0.05, 0.1) is 35.7 Å². The summed E-state index contributed by atoms with van der Waals surface area (Å²) in [5.74, 6) is 5.90. The number of amides is 2. The Morgan fingerprint density at radius 1 is 1.05 bits per heavy atom. The number of fused-ring (bicyclic) bond motifs is 2. The third-order valence-corrected chi connectivity index (χ3v) is 7.91. The van der Waals surface area contributed by atoms with Crippen molar-refractivity contribution < 1.29 is 14.0 Å². The standard InChI is InChI=1S/C35H31FN6O2/c1-4-32-40-34(31-21-41(23(3)43)16-17-42(31)32)27-12-6-10-25-18-30(39-20-28(25)27)26-13-14-29(38-19-26)35(44)37-15-7-11-24-9-5-8-22(2)33(24)36/h5-6,8-10,12-14,18-20H,4,15-17,21H2,1-3H3,(H,37,44). The molecule has 1 aliphatic rings. The minimum atomic E-state index is -0.370. The van der Waals surface area contributed by atoms with Crippen LogP contribution in [0.25, 0.3) is 33.3 Å².